The minimum Gasteiger partial charge on any atom is -0.493 e. The van der Waals surface area contributed by atoms with Gasteiger partial charge >= 0.3 is 0 Å². The van der Waals surface area contributed by atoms with Gasteiger partial charge in [-0.05, 0) is 42.6 Å². The molecule has 0 bridgehead atoms. The number of hydrogen-bond acceptors (Lipinski definition) is 7. The van der Waals surface area contributed by atoms with Crippen molar-refractivity contribution in [2.24, 2.45) is 0 Å². The second-order valence-corrected chi connectivity index (χ2v) is 5.57. The highest BCUT2D eigenvalue weighted by molar-refractivity contribution is 7.80. The Labute approximate surface area is 166 Å². The zero-order chi connectivity index (χ0) is 20.5. The Kier molecular flexibility index (Phi) is 7.40. The summed E-state index contributed by atoms with van der Waals surface area (Å²) in [5.74, 6) is 0.514. The third-order valence-corrected chi connectivity index (χ3v) is 3.60. The normalized spacial score (nSPS) is 10.2. The number of carbonyl (C=O) groups excluding carboxylic acids is 2. The molecule has 2 aromatic rings. The standard InChI is InChI=1S/C18H19N3O6S/c1-24-13-9-11(10-14(25-2)16(13)26-3)17(23)20-21-18(28)19-15(22)7-6-12-5-4-8-27-12/h4-10H,1-3H3,(H,20,23)(H2,19,21,22,28). The number of nitrogens with one attached hydrogen (secondary N) is 3. The fourth-order valence-corrected chi connectivity index (χ4v) is 2.28. The van der Waals surface area contributed by atoms with E-state index in [1.807, 2.05) is 0 Å². The van der Waals surface area contributed by atoms with E-state index in [1.54, 1.807) is 12.1 Å². The minimum absolute atomic E-state index is 0.0881. The summed E-state index contributed by atoms with van der Waals surface area (Å²) in [6.45, 7) is 0. The molecular formula is C18H19N3O6S. The van der Waals surface area contributed by atoms with Gasteiger partial charge < -0.3 is 18.6 Å². The van der Waals surface area contributed by atoms with Gasteiger partial charge in [-0.25, -0.2) is 0 Å². The van der Waals surface area contributed by atoms with Crippen LogP contribution in [0.3, 0.4) is 0 Å². The summed E-state index contributed by atoms with van der Waals surface area (Å²) in [7, 11) is 4.35. The lowest BCUT2D eigenvalue weighted by atomic mass is 10.1. The van der Waals surface area contributed by atoms with Gasteiger partial charge in [0.1, 0.15) is 5.76 Å². The van der Waals surface area contributed by atoms with Crippen molar-refractivity contribution >= 4 is 35.2 Å². The number of benzene rings is 1. The average molecular weight is 405 g/mol. The molecule has 0 atom stereocenters. The Balaban J connectivity index is 1.94. The summed E-state index contributed by atoms with van der Waals surface area (Å²) in [5.41, 5.74) is 5.04. The van der Waals surface area contributed by atoms with E-state index in [-0.39, 0.29) is 10.7 Å². The summed E-state index contributed by atoms with van der Waals surface area (Å²) in [6, 6.07) is 6.35. The van der Waals surface area contributed by atoms with Crippen LogP contribution in [0.5, 0.6) is 17.2 Å². The summed E-state index contributed by atoms with van der Waals surface area (Å²) >= 11 is 4.97. The molecule has 0 spiro atoms. The molecule has 0 aliphatic carbocycles. The van der Waals surface area contributed by atoms with Gasteiger partial charge in [0, 0.05) is 11.6 Å². The number of thiocarbonyl (C=S) groups is 1. The number of methoxy groups -OCH3 is 3. The molecule has 9 nitrogen and oxygen atoms in total. The molecule has 148 valence electrons. The summed E-state index contributed by atoms with van der Waals surface area (Å²) < 4.78 is 20.7. The van der Waals surface area contributed by atoms with Crippen molar-refractivity contribution in [2.45, 2.75) is 0 Å². The molecule has 3 N–H and O–H groups in total. The van der Waals surface area contributed by atoms with Crippen molar-refractivity contribution < 1.29 is 28.2 Å². The first-order valence-corrected chi connectivity index (χ1v) is 8.32. The third kappa shape index (κ3) is 5.48. The number of furan rings is 1. The smallest absolute Gasteiger partial charge is 0.269 e. The number of rotatable bonds is 6. The van der Waals surface area contributed by atoms with E-state index in [1.165, 1.54) is 51.9 Å². The van der Waals surface area contributed by atoms with E-state index in [0.29, 0.717) is 23.0 Å². The number of carbonyl (C=O) groups is 2. The summed E-state index contributed by atoms with van der Waals surface area (Å²) in [6.07, 6.45) is 4.21. The number of hydrogen-bond donors (Lipinski definition) is 3. The molecule has 28 heavy (non-hydrogen) atoms. The Bertz CT molecular complexity index is 854. The van der Waals surface area contributed by atoms with Gasteiger partial charge in [-0.15, -0.1) is 0 Å². The van der Waals surface area contributed by atoms with Gasteiger partial charge in [0.05, 0.1) is 27.6 Å². The van der Waals surface area contributed by atoms with Crippen LogP contribution in [-0.2, 0) is 4.79 Å². The minimum atomic E-state index is -0.526. The van der Waals surface area contributed by atoms with Gasteiger partial charge in [-0.2, -0.15) is 0 Å². The van der Waals surface area contributed by atoms with Crippen molar-refractivity contribution in [3.8, 4) is 17.2 Å². The van der Waals surface area contributed by atoms with E-state index in [4.69, 9.17) is 30.8 Å². The van der Waals surface area contributed by atoms with Crippen LogP contribution in [0.2, 0.25) is 0 Å². The number of hydrazine groups is 1. The summed E-state index contributed by atoms with van der Waals surface area (Å²) in [4.78, 5) is 24.1. The first-order valence-electron chi connectivity index (χ1n) is 7.91. The topological polar surface area (TPSA) is 111 Å². The molecule has 1 aromatic carbocycles. The maximum atomic E-state index is 12.3. The van der Waals surface area contributed by atoms with Crippen LogP contribution in [0.4, 0.5) is 0 Å². The molecule has 0 aliphatic rings. The van der Waals surface area contributed by atoms with Crippen molar-refractivity contribution in [3.05, 3.63) is 47.9 Å². The van der Waals surface area contributed by atoms with Gasteiger partial charge in [0.25, 0.3) is 5.91 Å². The zero-order valence-corrected chi connectivity index (χ0v) is 16.2. The highest BCUT2D eigenvalue weighted by Gasteiger charge is 2.17. The quantitative estimate of drug-likeness (QED) is 0.378. The predicted octanol–water partition coefficient (Wildman–Crippen LogP) is 1.65. The lowest BCUT2D eigenvalue weighted by molar-refractivity contribution is -0.115. The second-order valence-electron chi connectivity index (χ2n) is 5.16. The van der Waals surface area contributed by atoms with Gasteiger partial charge in [0.15, 0.2) is 16.6 Å². The van der Waals surface area contributed by atoms with Crippen molar-refractivity contribution in [2.75, 3.05) is 21.3 Å². The maximum Gasteiger partial charge on any atom is 0.269 e. The van der Waals surface area contributed by atoms with Crippen LogP contribution >= 0.6 is 12.2 Å². The van der Waals surface area contributed by atoms with Gasteiger partial charge in [0.2, 0.25) is 11.7 Å². The highest BCUT2D eigenvalue weighted by Crippen LogP contribution is 2.38. The van der Waals surface area contributed by atoms with E-state index in [2.05, 4.69) is 16.2 Å². The fourth-order valence-electron chi connectivity index (χ4n) is 2.13. The van der Waals surface area contributed by atoms with Crippen LogP contribution in [-0.4, -0.2) is 38.3 Å². The molecule has 0 fully saturated rings. The molecular weight excluding hydrogens is 386 g/mol. The predicted molar refractivity (Wildman–Crippen MR) is 105 cm³/mol. The maximum absolute atomic E-state index is 12.3. The lowest BCUT2D eigenvalue weighted by Crippen LogP contribution is -2.48. The fraction of sp³-hybridized carbons (Fsp3) is 0.167. The first-order chi connectivity index (χ1) is 13.5. The van der Waals surface area contributed by atoms with E-state index in [0.717, 1.165) is 0 Å². The first kappa shape index (κ1) is 20.8. The number of ether oxygens (including phenoxy) is 3. The third-order valence-electron chi connectivity index (χ3n) is 3.40. The molecule has 0 aliphatic heterocycles. The molecule has 1 heterocycles. The van der Waals surface area contributed by atoms with E-state index >= 15 is 0 Å². The average Bonchev–Trinajstić information content (AvgIpc) is 3.22. The van der Waals surface area contributed by atoms with Gasteiger partial charge in [-0.1, -0.05) is 0 Å². The Morgan fingerprint density at radius 3 is 2.29 bits per heavy atom. The molecule has 0 saturated heterocycles. The second kappa shape index (κ2) is 9.97. The molecule has 2 amide bonds. The van der Waals surface area contributed by atoms with Crippen molar-refractivity contribution in [1.82, 2.24) is 16.2 Å². The van der Waals surface area contributed by atoms with Gasteiger partial charge in [-0.3, -0.25) is 25.8 Å². The Hall–Kier alpha value is -3.53. The van der Waals surface area contributed by atoms with Crippen LogP contribution < -0.4 is 30.4 Å². The molecule has 0 radical (unpaired) electrons. The Morgan fingerprint density at radius 1 is 1.07 bits per heavy atom. The van der Waals surface area contributed by atoms with Crippen LogP contribution in [0.15, 0.2) is 41.0 Å². The largest absolute Gasteiger partial charge is 0.493 e. The van der Waals surface area contributed by atoms with Crippen LogP contribution in [0, 0.1) is 0 Å². The lowest BCUT2D eigenvalue weighted by Gasteiger charge is -2.14. The zero-order valence-electron chi connectivity index (χ0n) is 15.4. The van der Waals surface area contributed by atoms with Crippen LogP contribution in [0.1, 0.15) is 16.1 Å². The molecule has 0 unspecified atom stereocenters. The Morgan fingerprint density at radius 2 is 1.75 bits per heavy atom. The van der Waals surface area contributed by atoms with Crippen molar-refractivity contribution in [3.63, 3.8) is 0 Å². The molecule has 10 heteroatoms. The molecule has 1 aromatic heterocycles. The van der Waals surface area contributed by atoms with E-state index < -0.39 is 11.8 Å². The van der Waals surface area contributed by atoms with E-state index in [9.17, 15) is 9.59 Å². The number of amides is 2. The molecule has 2 rings (SSSR count). The van der Waals surface area contributed by atoms with Crippen LogP contribution in [0.25, 0.3) is 6.08 Å². The SMILES string of the molecule is COc1cc(C(=O)NNC(=S)NC(=O)C=Cc2ccco2)cc(OC)c1OC. The monoisotopic (exact) mass is 405 g/mol. The molecule has 0 saturated carbocycles. The van der Waals surface area contributed by atoms with Crippen molar-refractivity contribution in [1.29, 1.82) is 0 Å². The highest BCUT2D eigenvalue weighted by atomic mass is 32.1. The summed E-state index contributed by atoms with van der Waals surface area (Å²) in [5, 5.41) is 2.29.